The molecule has 5 heteroatoms. The third-order valence-corrected chi connectivity index (χ3v) is 2.18. The van der Waals surface area contributed by atoms with Gasteiger partial charge in [-0.3, -0.25) is 0 Å². The molecule has 0 unspecified atom stereocenters. The Hall–Kier alpha value is -0.670. The molecule has 0 saturated carbocycles. The Balaban J connectivity index is 3.14. The number of rotatable bonds is 3. The van der Waals surface area contributed by atoms with Crippen molar-refractivity contribution in [2.75, 3.05) is 0 Å². The first-order valence-electron chi connectivity index (χ1n) is 3.83. The zero-order chi connectivity index (χ0) is 9.84. The quantitative estimate of drug-likeness (QED) is 0.577. The summed E-state index contributed by atoms with van der Waals surface area (Å²) >= 11 is 11.6. The van der Waals surface area contributed by atoms with Crippen LogP contribution in [0.15, 0.2) is 0 Å². The summed E-state index contributed by atoms with van der Waals surface area (Å²) in [5, 5.41) is 0.535. The number of aromatic nitrogens is 2. The Kier molecular flexibility index (Phi) is 3.63. The molecular formula is C8H8Cl2N2O. The maximum Gasteiger partial charge on any atom is 0.137 e. The topological polar surface area (TPSA) is 42.9 Å². The van der Waals surface area contributed by atoms with Crippen LogP contribution >= 0.6 is 23.2 Å². The van der Waals surface area contributed by atoms with E-state index in [2.05, 4.69) is 9.97 Å². The summed E-state index contributed by atoms with van der Waals surface area (Å²) in [6, 6.07) is 0. The zero-order valence-electron chi connectivity index (χ0n) is 7.05. The van der Waals surface area contributed by atoms with Crippen LogP contribution in [-0.2, 0) is 17.6 Å². The number of aryl methyl sites for hydroxylation is 1. The summed E-state index contributed by atoms with van der Waals surface area (Å²) in [5.74, 6) is 0.588. The van der Waals surface area contributed by atoms with Crippen LogP contribution in [0.2, 0.25) is 10.3 Å². The first-order chi connectivity index (χ1) is 6.19. The van der Waals surface area contributed by atoms with Crippen LogP contribution in [0.25, 0.3) is 0 Å². The average Bonchev–Trinajstić information content (AvgIpc) is 2.11. The van der Waals surface area contributed by atoms with Crippen molar-refractivity contribution in [3.05, 3.63) is 21.7 Å². The van der Waals surface area contributed by atoms with Crippen LogP contribution in [0.1, 0.15) is 18.3 Å². The Bertz CT molecular complexity index is 305. The normalized spacial score (nSPS) is 10.1. The van der Waals surface area contributed by atoms with Gasteiger partial charge >= 0.3 is 0 Å². The van der Waals surface area contributed by atoms with E-state index in [-0.39, 0.29) is 16.7 Å². The van der Waals surface area contributed by atoms with Gasteiger partial charge in [-0.1, -0.05) is 30.1 Å². The molecule has 1 aromatic heterocycles. The highest BCUT2D eigenvalue weighted by atomic mass is 35.5. The van der Waals surface area contributed by atoms with Crippen LogP contribution in [0.4, 0.5) is 0 Å². The average molecular weight is 219 g/mol. The van der Waals surface area contributed by atoms with Gasteiger partial charge in [-0.15, -0.1) is 0 Å². The highest BCUT2D eigenvalue weighted by Gasteiger charge is 2.09. The predicted molar refractivity (Wildman–Crippen MR) is 51.2 cm³/mol. The second-order valence-corrected chi connectivity index (χ2v) is 3.14. The molecule has 0 aromatic carbocycles. The predicted octanol–water partition coefficient (Wildman–Crippen LogP) is 2.09. The molecule has 0 N–H and O–H groups in total. The third-order valence-electron chi connectivity index (χ3n) is 1.56. The second-order valence-electron chi connectivity index (χ2n) is 2.42. The van der Waals surface area contributed by atoms with Crippen molar-refractivity contribution in [1.29, 1.82) is 0 Å². The summed E-state index contributed by atoms with van der Waals surface area (Å²) in [4.78, 5) is 18.2. The highest BCUT2D eigenvalue weighted by Crippen LogP contribution is 2.21. The third kappa shape index (κ3) is 2.39. The molecule has 1 aromatic rings. The second kappa shape index (κ2) is 4.53. The number of nitrogens with zero attached hydrogens (tertiary/aromatic N) is 2. The van der Waals surface area contributed by atoms with Gasteiger partial charge in [0, 0.05) is 18.4 Å². The Labute approximate surface area is 86.1 Å². The number of halogens is 2. The van der Waals surface area contributed by atoms with Crippen molar-refractivity contribution in [2.45, 2.75) is 19.8 Å². The standard InChI is InChI=1S/C8H8Cl2N2O/c1-2-6-11-7(9)5(3-4-13)8(10)12-6/h4H,2-3H2,1H3. The van der Waals surface area contributed by atoms with Gasteiger partial charge in [0.25, 0.3) is 0 Å². The minimum Gasteiger partial charge on any atom is -0.303 e. The molecule has 70 valence electrons. The van der Waals surface area contributed by atoms with Crippen molar-refractivity contribution in [2.24, 2.45) is 0 Å². The molecule has 13 heavy (non-hydrogen) atoms. The highest BCUT2D eigenvalue weighted by molar-refractivity contribution is 6.34. The van der Waals surface area contributed by atoms with E-state index in [4.69, 9.17) is 23.2 Å². The largest absolute Gasteiger partial charge is 0.303 e. The van der Waals surface area contributed by atoms with Gasteiger partial charge in [-0.2, -0.15) is 0 Å². The molecule has 3 nitrogen and oxygen atoms in total. The summed E-state index contributed by atoms with van der Waals surface area (Å²) in [5.41, 5.74) is 0.496. The van der Waals surface area contributed by atoms with Gasteiger partial charge in [0.1, 0.15) is 22.4 Å². The first kappa shape index (κ1) is 10.4. The first-order valence-corrected chi connectivity index (χ1v) is 4.59. The zero-order valence-corrected chi connectivity index (χ0v) is 8.56. The van der Waals surface area contributed by atoms with Gasteiger partial charge in [-0.05, 0) is 0 Å². The molecular weight excluding hydrogens is 211 g/mol. The van der Waals surface area contributed by atoms with E-state index in [0.717, 1.165) is 6.29 Å². The number of carbonyl (C=O) groups is 1. The lowest BCUT2D eigenvalue weighted by Crippen LogP contribution is -2.00. The van der Waals surface area contributed by atoms with Crippen LogP contribution in [0.5, 0.6) is 0 Å². The van der Waals surface area contributed by atoms with E-state index in [0.29, 0.717) is 17.8 Å². The molecule has 0 spiro atoms. The van der Waals surface area contributed by atoms with Crippen LogP contribution < -0.4 is 0 Å². The van der Waals surface area contributed by atoms with E-state index >= 15 is 0 Å². The lowest BCUT2D eigenvalue weighted by atomic mass is 10.2. The monoisotopic (exact) mass is 218 g/mol. The smallest absolute Gasteiger partial charge is 0.137 e. The van der Waals surface area contributed by atoms with Crippen LogP contribution in [-0.4, -0.2) is 16.3 Å². The molecule has 0 atom stereocenters. The SMILES string of the molecule is CCc1nc(Cl)c(CC=O)c(Cl)n1. The van der Waals surface area contributed by atoms with E-state index in [1.165, 1.54) is 0 Å². The molecule has 1 rings (SSSR count). The van der Waals surface area contributed by atoms with Crippen molar-refractivity contribution in [3.8, 4) is 0 Å². The molecule has 0 amide bonds. The minimum absolute atomic E-state index is 0.154. The maximum absolute atomic E-state index is 10.3. The van der Waals surface area contributed by atoms with Crippen molar-refractivity contribution >= 4 is 29.5 Å². The van der Waals surface area contributed by atoms with Gasteiger partial charge in [0.2, 0.25) is 0 Å². The maximum atomic E-state index is 10.3. The number of carbonyl (C=O) groups excluding carboxylic acids is 1. The summed E-state index contributed by atoms with van der Waals surface area (Å²) in [6.07, 6.45) is 1.55. The minimum atomic E-state index is 0.154. The van der Waals surface area contributed by atoms with Crippen LogP contribution in [0, 0.1) is 0 Å². The number of hydrogen-bond acceptors (Lipinski definition) is 3. The summed E-state index contributed by atoms with van der Waals surface area (Å²) in [7, 11) is 0. The molecule has 0 radical (unpaired) electrons. The molecule has 1 heterocycles. The molecule has 0 aliphatic rings. The fourth-order valence-electron chi connectivity index (χ4n) is 0.882. The van der Waals surface area contributed by atoms with E-state index in [1.54, 1.807) is 0 Å². The van der Waals surface area contributed by atoms with Crippen molar-refractivity contribution in [3.63, 3.8) is 0 Å². The Morgan fingerprint density at radius 1 is 1.31 bits per heavy atom. The van der Waals surface area contributed by atoms with Crippen molar-refractivity contribution < 1.29 is 4.79 Å². The molecule has 0 saturated heterocycles. The van der Waals surface area contributed by atoms with Gasteiger partial charge in [-0.25, -0.2) is 9.97 Å². The molecule has 0 bridgehead atoms. The molecule has 0 fully saturated rings. The van der Waals surface area contributed by atoms with Crippen molar-refractivity contribution in [1.82, 2.24) is 9.97 Å². The fourth-order valence-corrected chi connectivity index (χ4v) is 1.46. The lowest BCUT2D eigenvalue weighted by Gasteiger charge is -2.03. The Morgan fingerprint density at radius 2 is 1.85 bits per heavy atom. The summed E-state index contributed by atoms with van der Waals surface area (Å²) < 4.78 is 0. The van der Waals surface area contributed by atoms with Gasteiger partial charge in [0.15, 0.2) is 0 Å². The fraction of sp³-hybridized carbons (Fsp3) is 0.375. The number of aldehydes is 1. The van der Waals surface area contributed by atoms with E-state index in [1.807, 2.05) is 6.92 Å². The Morgan fingerprint density at radius 3 is 2.23 bits per heavy atom. The van der Waals surface area contributed by atoms with Gasteiger partial charge < -0.3 is 4.79 Å². The van der Waals surface area contributed by atoms with Gasteiger partial charge in [0.05, 0.1) is 0 Å². The lowest BCUT2D eigenvalue weighted by molar-refractivity contribution is -0.107. The summed E-state index contributed by atoms with van der Waals surface area (Å²) in [6.45, 7) is 1.90. The van der Waals surface area contributed by atoms with E-state index < -0.39 is 0 Å². The molecule has 0 aliphatic heterocycles. The molecule has 0 aliphatic carbocycles. The van der Waals surface area contributed by atoms with Crippen LogP contribution in [0.3, 0.4) is 0 Å². The van der Waals surface area contributed by atoms with E-state index in [9.17, 15) is 4.79 Å². The number of hydrogen-bond donors (Lipinski definition) is 0.